The van der Waals surface area contributed by atoms with Gasteiger partial charge in [-0.1, -0.05) is 6.07 Å². The molecule has 1 aliphatic rings. The number of fused-ring (bicyclic) bond motifs is 1. The van der Waals surface area contributed by atoms with Crippen LogP contribution in [0.5, 0.6) is 17.2 Å². The van der Waals surface area contributed by atoms with Crippen LogP contribution in [-0.2, 0) is 16.3 Å². The van der Waals surface area contributed by atoms with Gasteiger partial charge in [-0.15, -0.1) is 0 Å². The Bertz CT molecular complexity index is 733. The van der Waals surface area contributed by atoms with Crippen molar-refractivity contribution in [2.45, 2.75) is 11.3 Å². The van der Waals surface area contributed by atoms with Gasteiger partial charge in [0.1, 0.15) is 17.2 Å². The van der Waals surface area contributed by atoms with Crippen LogP contribution in [-0.4, -0.2) is 21.3 Å². The summed E-state index contributed by atoms with van der Waals surface area (Å²) in [5.74, 6) is 2.13. The Morgan fingerprint density at radius 1 is 1.05 bits per heavy atom. The van der Waals surface area contributed by atoms with E-state index in [9.17, 15) is 8.42 Å². The van der Waals surface area contributed by atoms with Crippen LogP contribution < -0.4 is 9.47 Å². The van der Waals surface area contributed by atoms with Crippen molar-refractivity contribution in [3.63, 3.8) is 0 Å². The molecule has 0 aliphatic carbocycles. The summed E-state index contributed by atoms with van der Waals surface area (Å²) < 4.78 is 33.9. The minimum Gasteiger partial charge on any atom is -0.493 e. The van der Waals surface area contributed by atoms with Crippen molar-refractivity contribution in [3.8, 4) is 17.2 Å². The summed E-state index contributed by atoms with van der Waals surface area (Å²) in [5.41, 5.74) is 1.18. The topological polar surface area (TPSA) is 52.6 Å². The lowest BCUT2D eigenvalue weighted by molar-refractivity contribution is 0.355. The minimum atomic E-state index is -3.18. The number of hydrogen-bond donors (Lipinski definition) is 0. The summed E-state index contributed by atoms with van der Waals surface area (Å²) in [7, 11) is -3.18. The van der Waals surface area contributed by atoms with Gasteiger partial charge in [-0.2, -0.15) is 0 Å². The van der Waals surface area contributed by atoms with Gasteiger partial charge in [0.25, 0.3) is 0 Å². The second kappa shape index (κ2) is 4.83. The zero-order valence-corrected chi connectivity index (χ0v) is 11.8. The third kappa shape index (κ3) is 2.63. The predicted molar refractivity (Wildman–Crippen MR) is 75.3 cm³/mol. The fourth-order valence-corrected chi connectivity index (χ4v) is 2.73. The van der Waals surface area contributed by atoms with Crippen molar-refractivity contribution in [2.75, 3.05) is 12.9 Å². The zero-order valence-electron chi connectivity index (χ0n) is 11.0. The fourth-order valence-electron chi connectivity index (χ4n) is 2.10. The maximum absolute atomic E-state index is 11.4. The average Bonchev–Trinajstić information content (AvgIpc) is 2.86. The molecular formula is C15H14O4S. The van der Waals surface area contributed by atoms with Crippen molar-refractivity contribution < 1.29 is 17.9 Å². The van der Waals surface area contributed by atoms with Gasteiger partial charge in [-0.05, 0) is 35.9 Å². The Labute approximate surface area is 117 Å². The third-order valence-corrected chi connectivity index (χ3v) is 4.28. The first-order chi connectivity index (χ1) is 9.52. The lowest BCUT2D eigenvalue weighted by Gasteiger charge is -2.08. The van der Waals surface area contributed by atoms with E-state index in [-0.39, 0.29) is 4.90 Å². The van der Waals surface area contributed by atoms with Crippen molar-refractivity contribution in [1.29, 1.82) is 0 Å². The second-order valence-electron chi connectivity index (χ2n) is 4.71. The monoisotopic (exact) mass is 290 g/mol. The molecule has 0 saturated carbocycles. The normalized spacial score (nSPS) is 13.7. The highest BCUT2D eigenvalue weighted by atomic mass is 32.2. The Kier molecular flexibility index (Phi) is 3.14. The van der Waals surface area contributed by atoms with Crippen LogP contribution in [0.2, 0.25) is 0 Å². The van der Waals surface area contributed by atoms with Crippen LogP contribution in [0.15, 0.2) is 47.4 Å². The van der Waals surface area contributed by atoms with Gasteiger partial charge in [-0.25, -0.2) is 8.42 Å². The molecule has 3 rings (SSSR count). The van der Waals surface area contributed by atoms with E-state index in [1.165, 1.54) is 24.0 Å². The molecule has 0 N–H and O–H groups in total. The van der Waals surface area contributed by atoms with Crippen molar-refractivity contribution in [2.24, 2.45) is 0 Å². The Morgan fingerprint density at radius 2 is 1.75 bits per heavy atom. The van der Waals surface area contributed by atoms with Gasteiger partial charge in [0, 0.05) is 18.7 Å². The van der Waals surface area contributed by atoms with Crippen LogP contribution in [0.25, 0.3) is 0 Å². The van der Waals surface area contributed by atoms with E-state index in [0.29, 0.717) is 18.1 Å². The molecule has 1 aliphatic heterocycles. The Morgan fingerprint density at radius 3 is 2.45 bits per heavy atom. The number of sulfone groups is 1. The molecule has 0 saturated heterocycles. The molecule has 20 heavy (non-hydrogen) atoms. The molecule has 0 radical (unpaired) electrons. The summed E-state index contributed by atoms with van der Waals surface area (Å²) >= 11 is 0. The molecule has 0 atom stereocenters. The fraction of sp³-hybridized carbons (Fsp3) is 0.200. The lowest BCUT2D eigenvalue weighted by atomic mass is 10.2. The zero-order chi connectivity index (χ0) is 14.2. The van der Waals surface area contributed by atoms with Gasteiger partial charge in [0.05, 0.1) is 11.5 Å². The van der Waals surface area contributed by atoms with Crippen LogP contribution in [0.4, 0.5) is 0 Å². The van der Waals surface area contributed by atoms with E-state index in [1.54, 1.807) is 12.1 Å². The van der Waals surface area contributed by atoms with Gasteiger partial charge in [0.2, 0.25) is 0 Å². The minimum absolute atomic E-state index is 0.280. The maximum atomic E-state index is 11.4. The van der Waals surface area contributed by atoms with Crippen LogP contribution in [0.1, 0.15) is 5.56 Å². The molecule has 0 amide bonds. The molecule has 1 heterocycles. The maximum Gasteiger partial charge on any atom is 0.175 e. The summed E-state index contributed by atoms with van der Waals surface area (Å²) in [6, 6.07) is 12.1. The van der Waals surface area contributed by atoms with E-state index in [2.05, 4.69) is 0 Å². The van der Waals surface area contributed by atoms with E-state index < -0.39 is 9.84 Å². The van der Waals surface area contributed by atoms with Gasteiger partial charge in [0.15, 0.2) is 9.84 Å². The highest BCUT2D eigenvalue weighted by Gasteiger charge is 2.13. The summed E-state index contributed by atoms with van der Waals surface area (Å²) in [4.78, 5) is 0.280. The highest BCUT2D eigenvalue weighted by Crippen LogP contribution is 2.32. The molecule has 0 unspecified atom stereocenters. The van der Waals surface area contributed by atoms with Crippen LogP contribution in [0.3, 0.4) is 0 Å². The molecule has 4 nitrogen and oxygen atoms in total. The average molecular weight is 290 g/mol. The molecule has 0 bridgehead atoms. The highest BCUT2D eigenvalue weighted by molar-refractivity contribution is 7.90. The Hall–Kier alpha value is -2.01. The standard InChI is InChI=1S/C15H14O4S/c1-20(16,17)14-6-4-12(5-7-14)19-13-3-2-11-8-9-18-15(11)10-13/h2-7,10H,8-9H2,1H3. The number of ether oxygens (including phenoxy) is 2. The molecule has 0 aromatic heterocycles. The van der Waals surface area contributed by atoms with Crippen LogP contribution in [0, 0.1) is 0 Å². The van der Waals surface area contributed by atoms with E-state index in [4.69, 9.17) is 9.47 Å². The molecule has 0 fully saturated rings. The molecular weight excluding hydrogens is 276 g/mol. The van der Waals surface area contributed by atoms with Crippen LogP contribution >= 0.6 is 0 Å². The molecule has 104 valence electrons. The molecule has 2 aromatic rings. The third-order valence-electron chi connectivity index (χ3n) is 3.16. The lowest BCUT2D eigenvalue weighted by Crippen LogP contribution is -1.96. The van der Waals surface area contributed by atoms with Gasteiger partial charge >= 0.3 is 0 Å². The van der Waals surface area contributed by atoms with E-state index in [1.807, 2.05) is 18.2 Å². The predicted octanol–water partition coefficient (Wildman–Crippen LogP) is 2.82. The van der Waals surface area contributed by atoms with Crippen molar-refractivity contribution >= 4 is 9.84 Å². The number of benzene rings is 2. The van der Waals surface area contributed by atoms with E-state index in [0.717, 1.165) is 12.2 Å². The summed E-state index contributed by atoms with van der Waals surface area (Å²) in [6.07, 6.45) is 2.11. The first-order valence-corrected chi connectivity index (χ1v) is 8.15. The van der Waals surface area contributed by atoms with Gasteiger partial charge in [-0.3, -0.25) is 0 Å². The number of hydrogen-bond acceptors (Lipinski definition) is 4. The quantitative estimate of drug-likeness (QED) is 0.872. The SMILES string of the molecule is CS(=O)(=O)c1ccc(Oc2ccc3c(c2)OCC3)cc1. The molecule has 2 aromatic carbocycles. The first kappa shape index (κ1) is 13.0. The molecule has 0 spiro atoms. The van der Waals surface area contributed by atoms with Crippen molar-refractivity contribution in [1.82, 2.24) is 0 Å². The second-order valence-corrected chi connectivity index (χ2v) is 6.73. The summed E-state index contributed by atoms with van der Waals surface area (Å²) in [6.45, 7) is 0.710. The molecule has 5 heteroatoms. The number of rotatable bonds is 3. The Balaban J connectivity index is 1.81. The first-order valence-electron chi connectivity index (χ1n) is 6.26. The van der Waals surface area contributed by atoms with Gasteiger partial charge < -0.3 is 9.47 Å². The van der Waals surface area contributed by atoms with E-state index >= 15 is 0 Å². The summed E-state index contributed by atoms with van der Waals surface area (Å²) in [5, 5.41) is 0. The van der Waals surface area contributed by atoms with Crippen molar-refractivity contribution in [3.05, 3.63) is 48.0 Å². The largest absolute Gasteiger partial charge is 0.493 e. The smallest absolute Gasteiger partial charge is 0.175 e.